The van der Waals surface area contributed by atoms with Crippen LogP contribution in [0.15, 0.2) is 84.0 Å². The molecule has 0 unspecified atom stereocenters. The van der Waals surface area contributed by atoms with Crippen molar-refractivity contribution >= 4 is 34.2 Å². The van der Waals surface area contributed by atoms with Gasteiger partial charge in [0.05, 0.1) is 18.8 Å². The summed E-state index contributed by atoms with van der Waals surface area (Å²) < 4.78 is 7.50. The molecule has 7 heteroatoms. The Morgan fingerprint density at radius 2 is 1.71 bits per heavy atom. The van der Waals surface area contributed by atoms with E-state index in [2.05, 4.69) is 43.5 Å². The molecule has 0 aliphatic carbocycles. The summed E-state index contributed by atoms with van der Waals surface area (Å²) in [5.41, 5.74) is 7.52. The van der Waals surface area contributed by atoms with Gasteiger partial charge in [0.15, 0.2) is 5.65 Å². The predicted octanol–water partition coefficient (Wildman–Crippen LogP) is 4.48. The van der Waals surface area contributed by atoms with Gasteiger partial charge in [-0.05, 0) is 23.8 Å². The number of para-hydroxylation sites is 2. The van der Waals surface area contributed by atoms with Crippen LogP contribution in [0.2, 0.25) is 0 Å². The Morgan fingerprint density at radius 1 is 0.935 bits per heavy atom. The molecule has 0 saturated heterocycles. The monoisotopic (exact) mass is 408 g/mol. The first kappa shape index (κ1) is 18.7. The fourth-order valence-corrected chi connectivity index (χ4v) is 3.61. The molecule has 3 aromatic carbocycles. The van der Waals surface area contributed by atoms with Gasteiger partial charge in [0.2, 0.25) is 0 Å². The van der Waals surface area contributed by atoms with E-state index in [1.54, 1.807) is 13.3 Å². The molecule has 2 aromatic heterocycles. The minimum atomic E-state index is 0.329. The fourth-order valence-electron chi connectivity index (χ4n) is 3.61. The number of hydrazone groups is 1. The van der Waals surface area contributed by atoms with E-state index in [1.165, 1.54) is 5.56 Å². The summed E-state index contributed by atoms with van der Waals surface area (Å²) >= 11 is 0. The number of anilines is 1. The smallest absolute Gasteiger partial charge is 0.265 e. The number of aromatic nitrogens is 4. The molecule has 0 fully saturated rings. The van der Waals surface area contributed by atoms with E-state index >= 15 is 0 Å². The summed E-state index contributed by atoms with van der Waals surface area (Å²) in [6, 6.07) is 26.1. The normalized spacial score (nSPS) is 11.4. The minimum Gasteiger partial charge on any atom is -0.496 e. The molecule has 0 atom stereocenters. The number of fused-ring (bicyclic) bond motifs is 3. The van der Waals surface area contributed by atoms with E-state index in [4.69, 9.17) is 9.72 Å². The van der Waals surface area contributed by atoms with Crippen LogP contribution in [0.25, 0.3) is 22.1 Å². The second-order valence-corrected chi connectivity index (χ2v) is 7.01. The van der Waals surface area contributed by atoms with Crippen molar-refractivity contribution in [3.63, 3.8) is 0 Å². The van der Waals surface area contributed by atoms with Gasteiger partial charge in [-0.25, -0.2) is 5.43 Å². The second kappa shape index (κ2) is 8.23. The van der Waals surface area contributed by atoms with Crippen LogP contribution in [-0.2, 0) is 6.54 Å². The highest BCUT2D eigenvalue weighted by Crippen LogP contribution is 2.27. The van der Waals surface area contributed by atoms with Crippen LogP contribution in [-0.4, -0.2) is 33.1 Å². The zero-order valence-corrected chi connectivity index (χ0v) is 16.9. The van der Waals surface area contributed by atoms with Crippen LogP contribution in [0.4, 0.5) is 5.95 Å². The third-order valence-electron chi connectivity index (χ3n) is 5.06. The van der Waals surface area contributed by atoms with Gasteiger partial charge in [-0.1, -0.05) is 60.7 Å². The molecule has 2 heterocycles. The maximum atomic E-state index is 5.35. The van der Waals surface area contributed by atoms with Crippen molar-refractivity contribution in [2.24, 2.45) is 5.10 Å². The topological polar surface area (TPSA) is 77.2 Å². The Bertz CT molecular complexity index is 1380. The lowest BCUT2D eigenvalue weighted by Gasteiger charge is -2.07. The van der Waals surface area contributed by atoms with E-state index in [0.29, 0.717) is 12.5 Å². The third kappa shape index (κ3) is 3.69. The second-order valence-electron chi connectivity index (χ2n) is 7.01. The quantitative estimate of drug-likeness (QED) is 0.331. The molecule has 152 valence electrons. The van der Waals surface area contributed by atoms with Crippen molar-refractivity contribution in [2.75, 3.05) is 12.5 Å². The molecule has 0 spiro atoms. The van der Waals surface area contributed by atoms with Crippen LogP contribution in [0.5, 0.6) is 5.75 Å². The van der Waals surface area contributed by atoms with Gasteiger partial charge in [-0.2, -0.15) is 10.1 Å². The Hall–Kier alpha value is -4.26. The molecule has 7 nitrogen and oxygen atoms in total. The van der Waals surface area contributed by atoms with Crippen molar-refractivity contribution in [3.8, 4) is 5.75 Å². The molecule has 0 aliphatic heterocycles. The number of benzene rings is 3. The minimum absolute atomic E-state index is 0.329. The van der Waals surface area contributed by atoms with Crippen molar-refractivity contribution in [2.45, 2.75) is 6.54 Å². The summed E-state index contributed by atoms with van der Waals surface area (Å²) in [6.07, 6.45) is 1.67. The first-order chi connectivity index (χ1) is 15.3. The Morgan fingerprint density at radius 3 is 2.58 bits per heavy atom. The van der Waals surface area contributed by atoms with Gasteiger partial charge in [0.25, 0.3) is 5.95 Å². The summed E-state index contributed by atoms with van der Waals surface area (Å²) in [4.78, 5) is 4.72. The third-order valence-corrected chi connectivity index (χ3v) is 5.06. The van der Waals surface area contributed by atoms with Crippen molar-refractivity contribution in [1.29, 1.82) is 0 Å². The highest BCUT2D eigenvalue weighted by atomic mass is 16.5. The number of rotatable bonds is 6. The zero-order chi connectivity index (χ0) is 21.0. The maximum absolute atomic E-state index is 5.35. The number of ether oxygens (including phenoxy) is 1. The van der Waals surface area contributed by atoms with Crippen LogP contribution in [0.3, 0.4) is 0 Å². The van der Waals surface area contributed by atoms with Gasteiger partial charge in [0.1, 0.15) is 11.3 Å². The highest BCUT2D eigenvalue weighted by molar-refractivity contribution is 6.04. The first-order valence-corrected chi connectivity index (χ1v) is 9.91. The van der Waals surface area contributed by atoms with Gasteiger partial charge >= 0.3 is 0 Å². The summed E-state index contributed by atoms with van der Waals surface area (Å²) in [7, 11) is 1.63. The number of methoxy groups -OCH3 is 1. The van der Waals surface area contributed by atoms with Gasteiger partial charge < -0.3 is 9.30 Å². The van der Waals surface area contributed by atoms with Crippen molar-refractivity contribution < 1.29 is 4.74 Å². The van der Waals surface area contributed by atoms with Crippen LogP contribution in [0.1, 0.15) is 11.1 Å². The SMILES string of the molecule is COc1ccccc1C=NNc1nnc2c3ccccc3n(Cc3ccccc3)c2n1. The molecule has 0 radical (unpaired) electrons. The maximum Gasteiger partial charge on any atom is 0.265 e. The lowest BCUT2D eigenvalue weighted by atomic mass is 10.2. The van der Waals surface area contributed by atoms with Crippen molar-refractivity contribution in [1.82, 2.24) is 19.7 Å². The molecule has 5 rings (SSSR count). The van der Waals surface area contributed by atoms with Gasteiger partial charge in [-0.3, -0.25) is 0 Å². The molecule has 31 heavy (non-hydrogen) atoms. The number of hydrogen-bond donors (Lipinski definition) is 1. The van der Waals surface area contributed by atoms with Crippen LogP contribution < -0.4 is 10.2 Å². The van der Waals surface area contributed by atoms with E-state index in [9.17, 15) is 0 Å². The molecule has 0 bridgehead atoms. The molecule has 5 aromatic rings. The fraction of sp³-hybridized carbons (Fsp3) is 0.0833. The van der Waals surface area contributed by atoms with Gasteiger partial charge in [0, 0.05) is 17.5 Å². The highest BCUT2D eigenvalue weighted by Gasteiger charge is 2.14. The summed E-state index contributed by atoms with van der Waals surface area (Å²) in [5, 5.41) is 13.9. The first-order valence-electron chi connectivity index (χ1n) is 9.91. The van der Waals surface area contributed by atoms with Crippen LogP contribution >= 0.6 is 0 Å². The zero-order valence-electron chi connectivity index (χ0n) is 16.9. The number of hydrogen-bond acceptors (Lipinski definition) is 6. The van der Waals surface area contributed by atoms with E-state index in [-0.39, 0.29) is 0 Å². The lowest BCUT2D eigenvalue weighted by Crippen LogP contribution is -2.04. The van der Waals surface area contributed by atoms with Gasteiger partial charge in [-0.15, -0.1) is 10.2 Å². The molecule has 1 N–H and O–H groups in total. The number of nitrogens with one attached hydrogen (secondary N) is 1. The average molecular weight is 408 g/mol. The Kier molecular flexibility index (Phi) is 4.98. The summed E-state index contributed by atoms with van der Waals surface area (Å²) in [5.74, 6) is 1.07. The number of nitrogens with zero attached hydrogens (tertiary/aromatic N) is 5. The van der Waals surface area contributed by atoms with Crippen LogP contribution in [0, 0.1) is 0 Å². The standard InChI is InChI=1S/C24H20N6O/c1-31-21-14-8-5-11-18(21)15-25-28-24-26-23-22(27-29-24)19-12-6-7-13-20(19)30(23)16-17-9-3-2-4-10-17/h2-15H,16H2,1H3,(H,26,28,29). The van der Waals surface area contributed by atoms with E-state index in [0.717, 1.165) is 33.4 Å². The molecule has 0 aliphatic rings. The summed E-state index contributed by atoms with van der Waals surface area (Å²) in [6.45, 7) is 0.688. The van der Waals surface area contributed by atoms with Crippen molar-refractivity contribution in [3.05, 3.63) is 90.0 Å². The largest absolute Gasteiger partial charge is 0.496 e. The van der Waals surface area contributed by atoms with E-state index in [1.807, 2.05) is 60.7 Å². The predicted molar refractivity (Wildman–Crippen MR) is 123 cm³/mol. The average Bonchev–Trinajstić information content (AvgIpc) is 3.13. The lowest BCUT2D eigenvalue weighted by molar-refractivity contribution is 0.414. The Balaban J connectivity index is 1.52. The molecule has 0 saturated carbocycles. The Labute approximate surface area is 179 Å². The molecular weight excluding hydrogens is 388 g/mol. The van der Waals surface area contributed by atoms with E-state index < -0.39 is 0 Å². The molecule has 0 amide bonds. The molecular formula is C24H20N6O.